The van der Waals surface area contributed by atoms with Gasteiger partial charge in [0.05, 0.1) is 24.4 Å². The minimum atomic E-state index is 0.0403. The van der Waals surface area contributed by atoms with E-state index < -0.39 is 0 Å². The van der Waals surface area contributed by atoms with Gasteiger partial charge < -0.3 is 19.5 Å². The second kappa shape index (κ2) is 7.32. The predicted molar refractivity (Wildman–Crippen MR) is 98.9 cm³/mol. The Kier molecular flexibility index (Phi) is 5.16. The third-order valence-electron chi connectivity index (χ3n) is 4.41. The molecule has 5 nitrogen and oxygen atoms in total. The Morgan fingerprint density at radius 1 is 1.33 bits per heavy atom. The number of rotatable bonds is 6. The van der Waals surface area contributed by atoms with Gasteiger partial charge in [0.1, 0.15) is 0 Å². The third kappa shape index (κ3) is 3.30. The van der Waals surface area contributed by atoms with E-state index in [2.05, 4.69) is 52.1 Å². The van der Waals surface area contributed by atoms with Gasteiger partial charge in [-0.15, -0.1) is 0 Å². The van der Waals surface area contributed by atoms with Crippen LogP contribution < -0.4 is 5.32 Å². The van der Waals surface area contributed by atoms with Gasteiger partial charge in [-0.25, -0.2) is 0 Å². The van der Waals surface area contributed by atoms with E-state index >= 15 is 0 Å². The molecule has 0 spiro atoms. The summed E-state index contributed by atoms with van der Waals surface area (Å²) in [4.78, 5) is 6.75. The van der Waals surface area contributed by atoms with E-state index in [1.165, 1.54) is 5.56 Å². The minimum Gasteiger partial charge on any atom is -0.383 e. The molecule has 1 N–H and O–H groups in total. The maximum Gasteiger partial charge on any atom is 0.170 e. The van der Waals surface area contributed by atoms with Crippen molar-refractivity contribution in [2.75, 3.05) is 20.3 Å². The summed E-state index contributed by atoms with van der Waals surface area (Å²) in [7, 11) is 1.72. The Morgan fingerprint density at radius 3 is 2.79 bits per heavy atom. The van der Waals surface area contributed by atoms with Crippen LogP contribution in [0, 0.1) is 0 Å². The number of hydrogen-bond acceptors (Lipinski definition) is 3. The lowest BCUT2D eigenvalue weighted by atomic mass is 9.99. The number of nitrogens with zero attached hydrogens (tertiary/aromatic N) is 3. The van der Waals surface area contributed by atoms with Crippen LogP contribution in [0.25, 0.3) is 0 Å². The molecule has 0 unspecified atom stereocenters. The fraction of sp³-hybridized carbons (Fsp3) is 0.444. The molecule has 3 rings (SSSR count). The average Bonchev–Trinajstić information content (AvgIpc) is 3.18. The van der Waals surface area contributed by atoms with Gasteiger partial charge in [0.15, 0.2) is 5.11 Å². The minimum absolute atomic E-state index is 0.0403. The fourth-order valence-corrected chi connectivity index (χ4v) is 3.46. The van der Waals surface area contributed by atoms with E-state index in [0.29, 0.717) is 12.6 Å². The molecular weight excluding hydrogens is 320 g/mol. The fourth-order valence-electron chi connectivity index (χ4n) is 3.13. The van der Waals surface area contributed by atoms with Crippen LogP contribution in [0.2, 0.25) is 0 Å². The lowest BCUT2D eigenvalue weighted by molar-refractivity contribution is 0.164. The quantitative estimate of drug-likeness (QED) is 0.816. The number of aromatic nitrogens is 2. The molecule has 0 saturated carbocycles. The summed E-state index contributed by atoms with van der Waals surface area (Å²) < 4.78 is 7.49. The van der Waals surface area contributed by atoms with Crippen molar-refractivity contribution in [3.8, 4) is 0 Å². The zero-order valence-corrected chi connectivity index (χ0v) is 15.2. The van der Waals surface area contributed by atoms with Gasteiger partial charge in [0, 0.05) is 38.3 Å². The monoisotopic (exact) mass is 344 g/mol. The highest BCUT2D eigenvalue weighted by Gasteiger charge is 2.39. The van der Waals surface area contributed by atoms with E-state index in [1.807, 2.05) is 24.4 Å². The first-order chi connectivity index (χ1) is 11.6. The molecule has 0 aromatic carbocycles. The van der Waals surface area contributed by atoms with Gasteiger partial charge in [-0.05, 0) is 49.8 Å². The van der Waals surface area contributed by atoms with Crippen LogP contribution in [0.1, 0.15) is 43.2 Å². The smallest absolute Gasteiger partial charge is 0.170 e. The normalized spacial score (nSPS) is 20.7. The summed E-state index contributed by atoms with van der Waals surface area (Å²) in [5.74, 6) is 0. The van der Waals surface area contributed by atoms with Gasteiger partial charge in [-0.3, -0.25) is 4.98 Å². The predicted octanol–water partition coefficient (Wildman–Crippen LogP) is 3.08. The molecular formula is C18H24N4OS. The first kappa shape index (κ1) is 16.9. The van der Waals surface area contributed by atoms with E-state index in [4.69, 9.17) is 17.0 Å². The van der Waals surface area contributed by atoms with Gasteiger partial charge >= 0.3 is 0 Å². The summed E-state index contributed by atoms with van der Waals surface area (Å²) in [6, 6.07) is 8.76. The van der Waals surface area contributed by atoms with Gasteiger partial charge in [-0.1, -0.05) is 6.07 Å². The Balaban J connectivity index is 1.96. The van der Waals surface area contributed by atoms with Crippen molar-refractivity contribution < 1.29 is 4.74 Å². The Hall–Kier alpha value is -1.92. The van der Waals surface area contributed by atoms with E-state index in [0.717, 1.165) is 17.4 Å². The summed E-state index contributed by atoms with van der Waals surface area (Å²) in [6.07, 6.45) is 6.17. The number of methoxy groups -OCH3 is 1. The molecule has 2 atom stereocenters. The SMILES string of the molecule is COCCN1C(=S)N[C@@H](c2ccccn2)[C@H]1c1ccn(C(C)C)c1. The van der Waals surface area contributed by atoms with Crippen molar-refractivity contribution in [1.29, 1.82) is 0 Å². The molecule has 1 saturated heterocycles. The first-order valence-corrected chi connectivity index (χ1v) is 8.67. The topological polar surface area (TPSA) is 42.3 Å². The molecule has 128 valence electrons. The highest BCUT2D eigenvalue weighted by Crippen LogP contribution is 2.38. The van der Waals surface area contributed by atoms with Gasteiger partial charge in [0.25, 0.3) is 0 Å². The Bertz CT molecular complexity index is 685. The summed E-state index contributed by atoms with van der Waals surface area (Å²) in [5.41, 5.74) is 2.24. The number of hydrogen-bond donors (Lipinski definition) is 1. The molecule has 0 amide bonds. The summed E-state index contributed by atoms with van der Waals surface area (Å²) in [6.45, 7) is 5.75. The Morgan fingerprint density at radius 2 is 2.17 bits per heavy atom. The Labute approximate surface area is 148 Å². The van der Waals surface area contributed by atoms with Crippen molar-refractivity contribution in [1.82, 2.24) is 19.8 Å². The van der Waals surface area contributed by atoms with Crippen LogP contribution in [0.15, 0.2) is 42.9 Å². The molecule has 0 bridgehead atoms. The molecule has 0 aliphatic carbocycles. The summed E-state index contributed by atoms with van der Waals surface area (Å²) >= 11 is 5.59. The molecule has 6 heteroatoms. The van der Waals surface area contributed by atoms with Crippen molar-refractivity contribution in [3.63, 3.8) is 0 Å². The second-order valence-electron chi connectivity index (χ2n) is 6.30. The van der Waals surface area contributed by atoms with Crippen LogP contribution in [-0.2, 0) is 4.74 Å². The zero-order chi connectivity index (χ0) is 17.1. The van der Waals surface area contributed by atoms with Crippen molar-refractivity contribution in [2.45, 2.75) is 32.0 Å². The number of thiocarbonyl (C=S) groups is 1. The highest BCUT2D eigenvalue weighted by molar-refractivity contribution is 7.80. The van der Waals surface area contributed by atoms with Gasteiger partial charge in [-0.2, -0.15) is 0 Å². The van der Waals surface area contributed by atoms with Crippen molar-refractivity contribution in [2.24, 2.45) is 0 Å². The van der Waals surface area contributed by atoms with Crippen molar-refractivity contribution in [3.05, 3.63) is 54.1 Å². The highest BCUT2D eigenvalue weighted by atomic mass is 32.1. The van der Waals surface area contributed by atoms with Crippen LogP contribution in [-0.4, -0.2) is 39.8 Å². The van der Waals surface area contributed by atoms with Crippen LogP contribution in [0.5, 0.6) is 0 Å². The molecule has 24 heavy (non-hydrogen) atoms. The summed E-state index contributed by atoms with van der Waals surface area (Å²) in [5, 5.41) is 4.20. The van der Waals surface area contributed by atoms with Crippen LogP contribution in [0.3, 0.4) is 0 Å². The molecule has 3 heterocycles. The van der Waals surface area contributed by atoms with Crippen LogP contribution in [0.4, 0.5) is 0 Å². The van der Waals surface area contributed by atoms with Crippen molar-refractivity contribution >= 4 is 17.3 Å². The lowest BCUT2D eigenvalue weighted by Crippen LogP contribution is -2.32. The van der Waals surface area contributed by atoms with E-state index in [-0.39, 0.29) is 12.1 Å². The average molecular weight is 344 g/mol. The van der Waals surface area contributed by atoms with E-state index in [9.17, 15) is 0 Å². The van der Waals surface area contributed by atoms with E-state index in [1.54, 1.807) is 7.11 Å². The standard InChI is InChI=1S/C18H24N4OS/c1-13(2)21-9-7-14(12-21)17-16(15-6-4-5-8-19-15)20-18(24)22(17)10-11-23-3/h4-9,12-13,16-17H,10-11H2,1-3H3,(H,20,24)/t16-,17+/m0/s1. The lowest BCUT2D eigenvalue weighted by Gasteiger charge is -2.27. The maximum atomic E-state index is 5.59. The molecule has 2 aromatic heterocycles. The third-order valence-corrected chi connectivity index (χ3v) is 4.76. The number of ether oxygens (including phenoxy) is 1. The van der Waals surface area contributed by atoms with Gasteiger partial charge in [0.2, 0.25) is 0 Å². The second-order valence-corrected chi connectivity index (χ2v) is 6.69. The zero-order valence-electron chi connectivity index (χ0n) is 14.3. The van der Waals surface area contributed by atoms with Crippen LogP contribution >= 0.6 is 12.2 Å². The molecule has 1 aliphatic heterocycles. The number of pyridine rings is 1. The first-order valence-electron chi connectivity index (χ1n) is 8.26. The molecule has 1 fully saturated rings. The maximum absolute atomic E-state index is 5.59. The molecule has 0 radical (unpaired) electrons. The largest absolute Gasteiger partial charge is 0.383 e. The molecule has 1 aliphatic rings. The number of nitrogens with one attached hydrogen (secondary N) is 1. The molecule has 2 aromatic rings.